The molecule has 3 nitrogen and oxygen atoms in total. The summed E-state index contributed by atoms with van der Waals surface area (Å²) in [6.07, 6.45) is 2.33. The predicted octanol–water partition coefficient (Wildman–Crippen LogP) is 3.70. The SMILES string of the molecule is COc1cc(Br)c(C(=O)C(C)C2CC2)cc1OC. The van der Waals surface area contributed by atoms with Gasteiger partial charge in [0, 0.05) is 16.0 Å². The van der Waals surface area contributed by atoms with Gasteiger partial charge in [-0.25, -0.2) is 0 Å². The molecule has 0 N–H and O–H groups in total. The van der Waals surface area contributed by atoms with Crippen molar-refractivity contribution in [2.45, 2.75) is 19.8 Å². The lowest BCUT2D eigenvalue weighted by Crippen LogP contribution is -2.14. The molecule has 0 aliphatic heterocycles. The standard InChI is InChI=1S/C14H17BrO3/c1-8(9-4-5-9)14(16)10-6-12(17-2)13(18-3)7-11(10)15/h6-9H,4-5H2,1-3H3. The minimum Gasteiger partial charge on any atom is -0.493 e. The molecule has 0 aromatic heterocycles. The third kappa shape index (κ3) is 2.53. The molecule has 1 fully saturated rings. The molecule has 18 heavy (non-hydrogen) atoms. The summed E-state index contributed by atoms with van der Waals surface area (Å²) in [4.78, 5) is 12.4. The van der Waals surface area contributed by atoms with Crippen LogP contribution in [0.25, 0.3) is 0 Å². The van der Waals surface area contributed by atoms with Crippen LogP contribution in [0.1, 0.15) is 30.1 Å². The average Bonchev–Trinajstić information content (AvgIpc) is 3.20. The second-order valence-electron chi connectivity index (χ2n) is 4.68. The van der Waals surface area contributed by atoms with Crippen molar-refractivity contribution in [2.24, 2.45) is 11.8 Å². The minimum atomic E-state index is 0.0828. The Morgan fingerprint density at radius 3 is 2.33 bits per heavy atom. The number of Topliss-reactive ketones (excluding diaryl/α,β-unsaturated/α-hetero) is 1. The molecule has 1 saturated carbocycles. The maximum atomic E-state index is 12.4. The zero-order valence-corrected chi connectivity index (χ0v) is 12.4. The van der Waals surface area contributed by atoms with Gasteiger partial charge in [-0.2, -0.15) is 0 Å². The van der Waals surface area contributed by atoms with Gasteiger partial charge in [-0.05, 0) is 46.8 Å². The molecule has 0 amide bonds. The van der Waals surface area contributed by atoms with Crippen molar-refractivity contribution in [3.8, 4) is 11.5 Å². The van der Waals surface area contributed by atoms with Crippen LogP contribution in [0.15, 0.2) is 16.6 Å². The smallest absolute Gasteiger partial charge is 0.167 e. The van der Waals surface area contributed by atoms with Crippen LogP contribution >= 0.6 is 15.9 Å². The first-order chi connectivity index (χ1) is 8.58. The maximum absolute atomic E-state index is 12.4. The first-order valence-corrected chi connectivity index (χ1v) is 6.83. The fraction of sp³-hybridized carbons (Fsp3) is 0.500. The number of benzene rings is 1. The molecule has 0 saturated heterocycles. The van der Waals surface area contributed by atoms with Crippen LogP contribution < -0.4 is 9.47 Å². The Hall–Kier alpha value is -1.03. The fourth-order valence-electron chi connectivity index (χ4n) is 2.10. The number of carbonyl (C=O) groups excluding carboxylic acids is 1. The largest absolute Gasteiger partial charge is 0.493 e. The van der Waals surface area contributed by atoms with Crippen LogP contribution in [0.4, 0.5) is 0 Å². The third-order valence-corrected chi connectivity index (χ3v) is 4.14. The number of rotatable bonds is 5. The lowest BCUT2D eigenvalue weighted by atomic mass is 9.95. The molecule has 0 bridgehead atoms. The van der Waals surface area contributed by atoms with Gasteiger partial charge in [0.2, 0.25) is 0 Å². The molecule has 0 radical (unpaired) electrons. The number of methoxy groups -OCH3 is 2. The fourth-order valence-corrected chi connectivity index (χ4v) is 2.62. The third-order valence-electron chi connectivity index (χ3n) is 3.48. The lowest BCUT2D eigenvalue weighted by molar-refractivity contribution is 0.0915. The van der Waals surface area contributed by atoms with Crippen LogP contribution in [-0.2, 0) is 0 Å². The van der Waals surface area contributed by atoms with Crippen LogP contribution in [0.5, 0.6) is 11.5 Å². The van der Waals surface area contributed by atoms with E-state index in [0.717, 1.165) is 17.3 Å². The summed E-state index contributed by atoms with van der Waals surface area (Å²) in [5, 5.41) is 0. The van der Waals surface area contributed by atoms with Gasteiger partial charge in [-0.1, -0.05) is 6.92 Å². The van der Waals surface area contributed by atoms with Crippen molar-refractivity contribution in [2.75, 3.05) is 14.2 Å². The summed E-state index contributed by atoms with van der Waals surface area (Å²) in [5.41, 5.74) is 0.673. The van der Waals surface area contributed by atoms with Gasteiger partial charge in [0.05, 0.1) is 14.2 Å². The molecule has 1 aromatic rings. The topological polar surface area (TPSA) is 35.5 Å². The van der Waals surface area contributed by atoms with Crippen molar-refractivity contribution < 1.29 is 14.3 Å². The zero-order valence-electron chi connectivity index (χ0n) is 10.8. The monoisotopic (exact) mass is 312 g/mol. The number of ether oxygens (including phenoxy) is 2. The molecule has 1 aliphatic rings. The summed E-state index contributed by atoms with van der Waals surface area (Å²) in [5.74, 6) is 2.02. The maximum Gasteiger partial charge on any atom is 0.167 e. The number of ketones is 1. The highest BCUT2D eigenvalue weighted by atomic mass is 79.9. The Morgan fingerprint density at radius 1 is 1.28 bits per heavy atom. The van der Waals surface area contributed by atoms with E-state index in [9.17, 15) is 4.79 Å². The van der Waals surface area contributed by atoms with E-state index in [1.165, 1.54) is 0 Å². The van der Waals surface area contributed by atoms with Gasteiger partial charge >= 0.3 is 0 Å². The van der Waals surface area contributed by atoms with E-state index >= 15 is 0 Å². The van der Waals surface area contributed by atoms with Gasteiger partial charge in [-0.3, -0.25) is 4.79 Å². The second kappa shape index (κ2) is 5.31. The number of hydrogen-bond acceptors (Lipinski definition) is 3. The van der Waals surface area contributed by atoms with E-state index in [0.29, 0.717) is 23.0 Å². The first-order valence-electron chi connectivity index (χ1n) is 6.04. The van der Waals surface area contributed by atoms with Crippen molar-refractivity contribution in [1.82, 2.24) is 0 Å². The van der Waals surface area contributed by atoms with Crippen LogP contribution in [0, 0.1) is 11.8 Å². The van der Waals surface area contributed by atoms with Crippen molar-refractivity contribution in [3.05, 3.63) is 22.2 Å². The molecule has 98 valence electrons. The van der Waals surface area contributed by atoms with Crippen molar-refractivity contribution >= 4 is 21.7 Å². The molecule has 1 aromatic carbocycles. The molecule has 0 heterocycles. The summed E-state index contributed by atoms with van der Waals surface area (Å²) >= 11 is 3.43. The van der Waals surface area contributed by atoms with Crippen LogP contribution in [-0.4, -0.2) is 20.0 Å². The van der Waals surface area contributed by atoms with Gasteiger partial charge < -0.3 is 9.47 Å². The number of halogens is 1. The predicted molar refractivity (Wildman–Crippen MR) is 73.5 cm³/mol. The van der Waals surface area contributed by atoms with E-state index in [-0.39, 0.29) is 11.7 Å². The van der Waals surface area contributed by atoms with Crippen molar-refractivity contribution in [1.29, 1.82) is 0 Å². The molecule has 4 heteroatoms. The van der Waals surface area contributed by atoms with Crippen LogP contribution in [0.3, 0.4) is 0 Å². The summed E-state index contributed by atoms with van der Waals surface area (Å²) in [6, 6.07) is 3.54. The van der Waals surface area contributed by atoms with Crippen LogP contribution in [0.2, 0.25) is 0 Å². The number of carbonyl (C=O) groups is 1. The van der Waals surface area contributed by atoms with E-state index in [1.807, 2.05) is 6.92 Å². The molecule has 1 unspecified atom stereocenters. The first kappa shape index (κ1) is 13.4. The Labute approximate surface area is 116 Å². The Kier molecular flexibility index (Phi) is 3.95. The second-order valence-corrected chi connectivity index (χ2v) is 5.53. The molecular weight excluding hydrogens is 296 g/mol. The number of hydrogen-bond donors (Lipinski definition) is 0. The molecular formula is C14H17BrO3. The van der Waals surface area contributed by atoms with Gasteiger partial charge in [0.15, 0.2) is 17.3 Å². The minimum absolute atomic E-state index is 0.0828. The highest BCUT2D eigenvalue weighted by molar-refractivity contribution is 9.10. The van der Waals surface area contributed by atoms with E-state index < -0.39 is 0 Å². The lowest BCUT2D eigenvalue weighted by Gasteiger charge is -2.14. The summed E-state index contributed by atoms with van der Waals surface area (Å²) in [7, 11) is 3.16. The summed E-state index contributed by atoms with van der Waals surface area (Å²) < 4.78 is 11.2. The summed E-state index contributed by atoms with van der Waals surface area (Å²) in [6.45, 7) is 2.00. The normalized spacial score (nSPS) is 16.2. The molecule has 1 atom stereocenters. The molecule has 0 spiro atoms. The molecule has 1 aliphatic carbocycles. The molecule has 2 rings (SSSR count). The van der Waals surface area contributed by atoms with Crippen molar-refractivity contribution in [3.63, 3.8) is 0 Å². The quantitative estimate of drug-likeness (QED) is 0.778. The highest BCUT2D eigenvalue weighted by Gasteiger charge is 2.34. The van der Waals surface area contributed by atoms with E-state index in [2.05, 4.69) is 15.9 Å². The average molecular weight is 313 g/mol. The van der Waals surface area contributed by atoms with Gasteiger partial charge in [-0.15, -0.1) is 0 Å². The van der Waals surface area contributed by atoms with E-state index in [1.54, 1.807) is 26.4 Å². The van der Waals surface area contributed by atoms with E-state index in [4.69, 9.17) is 9.47 Å². The Bertz CT molecular complexity index is 466. The Balaban J connectivity index is 2.34. The Morgan fingerprint density at radius 2 is 1.83 bits per heavy atom. The highest BCUT2D eigenvalue weighted by Crippen LogP contribution is 2.40. The zero-order chi connectivity index (χ0) is 13.3. The van der Waals surface area contributed by atoms with Gasteiger partial charge in [0.1, 0.15) is 0 Å². The van der Waals surface area contributed by atoms with Gasteiger partial charge in [0.25, 0.3) is 0 Å².